The molecule has 1 aromatic carbocycles. The number of hydrogen-bond donors (Lipinski definition) is 3. The Kier molecular flexibility index (Phi) is 4.69. The molecule has 0 amide bonds. The number of phenols is 2. The summed E-state index contributed by atoms with van der Waals surface area (Å²) in [6.45, 7) is 4.25. The zero-order chi connectivity index (χ0) is 9.56. The van der Waals surface area contributed by atoms with Crippen molar-refractivity contribution >= 4 is 5.69 Å². The van der Waals surface area contributed by atoms with Gasteiger partial charge in [0.25, 0.3) is 0 Å². The molecule has 0 atom stereocenters. The number of benzene rings is 1. The van der Waals surface area contributed by atoms with Crippen LogP contribution in [0.5, 0.6) is 11.5 Å². The molecule has 0 fully saturated rings. The molecule has 1 rings (SSSR count). The minimum atomic E-state index is -0.00667. The van der Waals surface area contributed by atoms with Crippen molar-refractivity contribution in [3.8, 4) is 11.5 Å². The van der Waals surface area contributed by atoms with Crippen LogP contribution in [0.15, 0.2) is 18.2 Å². The van der Waals surface area contributed by atoms with E-state index in [-0.39, 0.29) is 17.2 Å². The highest BCUT2D eigenvalue weighted by Crippen LogP contribution is 2.23. The first kappa shape index (κ1) is 10.6. The van der Waals surface area contributed by atoms with Gasteiger partial charge < -0.3 is 15.9 Å². The van der Waals surface area contributed by atoms with Gasteiger partial charge in [-0.05, 0) is 12.1 Å². The van der Waals surface area contributed by atoms with Gasteiger partial charge in [-0.25, -0.2) is 0 Å². The van der Waals surface area contributed by atoms with Crippen molar-refractivity contribution in [2.75, 3.05) is 5.73 Å². The van der Waals surface area contributed by atoms with E-state index in [4.69, 9.17) is 15.9 Å². The van der Waals surface area contributed by atoms with Crippen molar-refractivity contribution in [2.45, 2.75) is 20.3 Å². The molecule has 0 unspecified atom stereocenters. The second-order valence-corrected chi connectivity index (χ2v) is 2.45. The number of hydrogen-bond acceptors (Lipinski definition) is 3. The van der Waals surface area contributed by atoms with Crippen LogP contribution in [0.4, 0.5) is 5.69 Å². The molecule has 3 nitrogen and oxygen atoms in total. The molecule has 68 valence electrons. The molecule has 12 heavy (non-hydrogen) atoms. The molecule has 0 bridgehead atoms. The maximum Gasteiger partial charge on any atom is 0.138 e. The van der Waals surface area contributed by atoms with Gasteiger partial charge in [0.1, 0.15) is 11.5 Å². The van der Waals surface area contributed by atoms with E-state index < -0.39 is 0 Å². The normalized spacial score (nSPS) is 8.50. The van der Waals surface area contributed by atoms with E-state index in [9.17, 15) is 0 Å². The van der Waals surface area contributed by atoms with Gasteiger partial charge in [-0.3, -0.25) is 0 Å². The van der Waals surface area contributed by atoms with Crippen LogP contribution in [0.2, 0.25) is 0 Å². The van der Waals surface area contributed by atoms with Crippen molar-refractivity contribution in [2.24, 2.45) is 0 Å². The number of nitrogens with two attached hydrogens (primary N) is 1. The lowest BCUT2D eigenvalue weighted by Gasteiger charge is -1.96. The number of phenolic OH excluding ortho intramolecular Hbond substituents is 2. The monoisotopic (exact) mass is 169 g/mol. The summed E-state index contributed by atoms with van der Waals surface area (Å²) in [5.74, 6) is 0.0538. The molecule has 0 saturated heterocycles. The summed E-state index contributed by atoms with van der Waals surface area (Å²) >= 11 is 0. The Bertz CT molecular complexity index is 236. The molecular weight excluding hydrogens is 154 g/mol. The van der Waals surface area contributed by atoms with E-state index in [1.807, 2.05) is 0 Å². The van der Waals surface area contributed by atoms with Gasteiger partial charge in [0.15, 0.2) is 0 Å². The third-order valence-corrected chi connectivity index (χ3v) is 1.01. The first-order valence-electron chi connectivity index (χ1n) is 3.89. The minimum absolute atomic E-state index is 0.00667. The lowest BCUT2D eigenvalue weighted by Crippen LogP contribution is -1.83. The van der Waals surface area contributed by atoms with Crippen molar-refractivity contribution in [1.29, 1.82) is 0 Å². The molecule has 0 spiro atoms. The molecule has 0 aliphatic carbocycles. The first-order valence-corrected chi connectivity index (χ1v) is 3.89. The third-order valence-electron chi connectivity index (χ3n) is 1.01. The van der Waals surface area contributed by atoms with E-state index in [1.54, 1.807) is 0 Å². The lowest BCUT2D eigenvalue weighted by molar-refractivity contribution is 0.462. The van der Waals surface area contributed by atoms with Crippen LogP contribution in [0.1, 0.15) is 20.3 Å². The van der Waals surface area contributed by atoms with Crippen LogP contribution >= 0.6 is 0 Å². The summed E-state index contributed by atoms with van der Waals surface area (Å²) in [6, 6.07) is 3.99. The van der Waals surface area contributed by atoms with Crippen molar-refractivity contribution < 1.29 is 10.2 Å². The second kappa shape index (κ2) is 5.29. The molecule has 0 radical (unpaired) electrons. The summed E-state index contributed by atoms with van der Waals surface area (Å²) in [5, 5.41) is 17.6. The van der Waals surface area contributed by atoms with Gasteiger partial charge in [-0.15, -0.1) is 0 Å². The average Bonchev–Trinajstić information content (AvgIpc) is 1.99. The third kappa shape index (κ3) is 3.71. The Hall–Kier alpha value is -1.38. The van der Waals surface area contributed by atoms with E-state index in [0.29, 0.717) is 0 Å². The van der Waals surface area contributed by atoms with Gasteiger partial charge >= 0.3 is 0 Å². The highest BCUT2D eigenvalue weighted by atomic mass is 16.3. The zero-order valence-electron chi connectivity index (χ0n) is 7.41. The number of rotatable bonds is 0. The Morgan fingerprint density at radius 3 is 2.08 bits per heavy atom. The topological polar surface area (TPSA) is 66.5 Å². The van der Waals surface area contributed by atoms with Crippen molar-refractivity contribution in [3.63, 3.8) is 0 Å². The predicted octanol–water partition coefficient (Wildman–Crippen LogP) is 2.10. The van der Waals surface area contributed by atoms with E-state index in [1.165, 1.54) is 24.6 Å². The van der Waals surface area contributed by atoms with E-state index >= 15 is 0 Å². The maximum atomic E-state index is 8.81. The van der Waals surface area contributed by atoms with Gasteiger partial charge in [0.05, 0.1) is 5.69 Å². The van der Waals surface area contributed by atoms with Crippen LogP contribution in [0, 0.1) is 0 Å². The molecule has 4 N–H and O–H groups in total. The minimum Gasteiger partial charge on any atom is -0.508 e. The summed E-state index contributed by atoms with van der Waals surface area (Å²) < 4.78 is 0. The Morgan fingerprint density at radius 2 is 1.75 bits per heavy atom. The van der Waals surface area contributed by atoms with Crippen LogP contribution < -0.4 is 5.73 Å². The number of aromatic hydroxyl groups is 2. The van der Waals surface area contributed by atoms with Crippen LogP contribution in [-0.2, 0) is 0 Å². The largest absolute Gasteiger partial charge is 0.508 e. The van der Waals surface area contributed by atoms with Gasteiger partial charge in [0, 0.05) is 6.07 Å². The lowest BCUT2D eigenvalue weighted by atomic mass is 10.3. The molecule has 0 aliphatic heterocycles. The van der Waals surface area contributed by atoms with Crippen LogP contribution in [-0.4, -0.2) is 10.2 Å². The van der Waals surface area contributed by atoms with Crippen molar-refractivity contribution in [1.82, 2.24) is 0 Å². The highest BCUT2D eigenvalue weighted by Gasteiger charge is 1.94. The Labute approximate surface area is 72.5 Å². The fourth-order valence-electron chi connectivity index (χ4n) is 0.542. The molecule has 1 aromatic rings. The van der Waals surface area contributed by atoms with Crippen LogP contribution in [0.3, 0.4) is 0 Å². The molecule has 3 heteroatoms. The van der Waals surface area contributed by atoms with Gasteiger partial charge in [0.2, 0.25) is 0 Å². The summed E-state index contributed by atoms with van der Waals surface area (Å²) in [7, 11) is 0. The zero-order valence-corrected chi connectivity index (χ0v) is 7.41. The quantitative estimate of drug-likeness (QED) is 0.316. The number of nitrogen functional groups attached to an aromatic ring is 1. The van der Waals surface area contributed by atoms with Crippen molar-refractivity contribution in [3.05, 3.63) is 18.2 Å². The van der Waals surface area contributed by atoms with E-state index in [2.05, 4.69) is 13.8 Å². The maximum absolute atomic E-state index is 8.81. The summed E-state index contributed by atoms with van der Waals surface area (Å²) in [6.07, 6.45) is 1.25. The van der Waals surface area contributed by atoms with Gasteiger partial charge in [-0.2, -0.15) is 0 Å². The second-order valence-electron chi connectivity index (χ2n) is 2.45. The predicted molar refractivity (Wildman–Crippen MR) is 50.1 cm³/mol. The van der Waals surface area contributed by atoms with Gasteiger partial charge in [-0.1, -0.05) is 20.3 Å². The number of anilines is 1. The average molecular weight is 169 g/mol. The Morgan fingerprint density at radius 1 is 1.25 bits per heavy atom. The fourth-order valence-corrected chi connectivity index (χ4v) is 0.542. The molecule has 0 heterocycles. The van der Waals surface area contributed by atoms with E-state index in [0.717, 1.165) is 0 Å². The SMILES string of the molecule is CCC.Nc1cc(O)ccc1O. The van der Waals surface area contributed by atoms with Crippen LogP contribution in [0.25, 0.3) is 0 Å². The molecular formula is C9H15NO2. The fraction of sp³-hybridized carbons (Fsp3) is 0.333. The standard InChI is InChI=1S/C6H7NO2.C3H8/c7-5-3-4(8)1-2-6(5)9;1-3-2/h1-3,8-9H,7H2;3H2,1-2H3. The Balaban J connectivity index is 0.000000354. The first-order chi connectivity index (χ1) is 5.61. The molecule has 0 aliphatic rings. The summed E-state index contributed by atoms with van der Waals surface area (Å²) in [5.41, 5.74) is 5.40. The highest BCUT2D eigenvalue weighted by molar-refractivity contribution is 5.54. The smallest absolute Gasteiger partial charge is 0.138 e. The molecule has 0 aromatic heterocycles. The summed E-state index contributed by atoms with van der Waals surface area (Å²) in [4.78, 5) is 0. The molecule has 0 saturated carbocycles.